The number of allylic oxidation sites excluding steroid dienone is 1. The van der Waals surface area contributed by atoms with Crippen molar-refractivity contribution in [1.29, 1.82) is 0 Å². The molecular weight excluding hydrogens is 110 g/mol. The Morgan fingerprint density at radius 1 is 1.56 bits per heavy atom. The fourth-order valence-corrected chi connectivity index (χ4v) is 0.770. The van der Waals surface area contributed by atoms with E-state index in [4.69, 9.17) is 0 Å². The molecule has 0 spiro atoms. The number of rotatable bonds is 0. The van der Waals surface area contributed by atoms with E-state index in [2.05, 4.69) is 16.8 Å². The van der Waals surface area contributed by atoms with Crippen LogP contribution in [0.3, 0.4) is 0 Å². The van der Waals surface area contributed by atoms with Gasteiger partial charge in [-0.3, -0.25) is 4.99 Å². The van der Waals surface area contributed by atoms with Gasteiger partial charge in [-0.1, -0.05) is 0 Å². The lowest BCUT2D eigenvalue weighted by atomic mass is 10.2. The second-order valence-corrected chi connectivity index (χ2v) is 2.18. The fraction of sp³-hybridized carbons (Fsp3) is 0.500. The minimum absolute atomic E-state index is 0.995. The molecule has 1 rings (SSSR count). The van der Waals surface area contributed by atoms with Crippen molar-refractivity contribution in [1.82, 2.24) is 0 Å². The highest BCUT2D eigenvalue weighted by Crippen LogP contribution is 2.00. The van der Waals surface area contributed by atoms with Crippen molar-refractivity contribution in [3.63, 3.8) is 0 Å². The second-order valence-electron chi connectivity index (χ2n) is 2.18. The first-order chi connectivity index (χ1) is 4.39. The van der Waals surface area contributed by atoms with Crippen molar-refractivity contribution in [2.75, 3.05) is 0 Å². The minimum atomic E-state index is 0.995. The molecule has 0 bridgehead atoms. The van der Waals surface area contributed by atoms with Gasteiger partial charge in [0.25, 0.3) is 0 Å². The predicted molar refractivity (Wildman–Crippen MR) is 39.6 cm³/mol. The third-order valence-corrected chi connectivity index (χ3v) is 1.28. The maximum atomic E-state index is 4.13. The molecule has 0 aromatic heterocycles. The summed E-state index contributed by atoms with van der Waals surface area (Å²) < 4.78 is 0. The van der Waals surface area contributed by atoms with Gasteiger partial charge in [0.15, 0.2) is 0 Å². The first-order valence-corrected chi connectivity index (χ1v) is 3.34. The van der Waals surface area contributed by atoms with Gasteiger partial charge in [0, 0.05) is 6.21 Å². The van der Waals surface area contributed by atoms with Gasteiger partial charge in [0.2, 0.25) is 0 Å². The summed E-state index contributed by atoms with van der Waals surface area (Å²) in [5.74, 6) is 0. The van der Waals surface area contributed by atoms with Crippen LogP contribution in [0.2, 0.25) is 0 Å². The summed E-state index contributed by atoms with van der Waals surface area (Å²) in [7, 11) is 0. The van der Waals surface area contributed by atoms with Gasteiger partial charge in [0.1, 0.15) is 0 Å². The van der Waals surface area contributed by atoms with Gasteiger partial charge < -0.3 is 0 Å². The van der Waals surface area contributed by atoms with Gasteiger partial charge >= 0.3 is 0 Å². The van der Waals surface area contributed by atoms with Gasteiger partial charge in [-0.15, -0.1) is 5.73 Å². The minimum Gasteiger partial charge on any atom is -0.258 e. The lowest BCUT2D eigenvalue weighted by Crippen LogP contribution is -1.79. The van der Waals surface area contributed by atoms with Crippen LogP contribution < -0.4 is 0 Å². The van der Waals surface area contributed by atoms with Crippen LogP contribution in [0.15, 0.2) is 22.5 Å². The number of hydrogen-bond acceptors (Lipinski definition) is 1. The second kappa shape index (κ2) is 3.26. The molecule has 0 radical (unpaired) electrons. The maximum Gasteiger partial charge on any atom is 0.0782 e. The Hall–Kier alpha value is -0.810. The van der Waals surface area contributed by atoms with Crippen LogP contribution in [0.5, 0.6) is 0 Å². The Morgan fingerprint density at radius 3 is 3.33 bits per heavy atom. The van der Waals surface area contributed by atoms with Gasteiger partial charge in [-0.05, 0) is 32.3 Å². The van der Waals surface area contributed by atoms with Crippen molar-refractivity contribution < 1.29 is 0 Å². The summed E-state index contributed by atoms with van der Waals surface area (Å²) in [5, 5.41) is 0. The van der Waals surface area contributed by atoms with E-state index >= 15 is 0 Å². The number of hydrogen-bond donors (Lipinski definition) is 0. The van der Waals surface area contributed by atoms with Crippen LogP contribution in [0, 0.1) is 0 Å². The van der Waals surface area contributed by atoms with Crippen molar-refractivity contribution >= 4 is 6.21 Å². The molecule has 9 heavy (non-hydrogen) atoms. The third kappa shape index (κ3) is 2.29. The molecule has 0 atom stereocenters. The average molecular weight is 121 g/mol. The van der Waals surface area contributed by atoms with Crippen molar-refractivity contribution in [2.24, 2.45) is 4.99 Å². The molecule has 0 aromatic carbocycles. The van der Waals surface area contributed by atoms with E-state index in [1.165, 1.54) is 6.42 Å². The number of aliphatic imine (C=N–C) groups is 1. The molecule has 0 amide bonds. The van der Waals surface area contributed by atoms with E-state index in [9.17, 15) is 0 Å². The predicted octanol–water partition coefficient (Wildman–Crippen LogP) is 2.30. The average Bonchev–Trinajstić information content (AvgIpc) is 1.79. The van der Waals surface area contributed by atoms with Crippen LogP contribution in [-0.2, 0) is 0 Å². The Morgan fingerprint density at radius 2 is 2.44 bits per heavy atom. The summed E-state index contributed by atoms with van der Waals surface area (Å²) in [6, 6.07) is 0. The first-order valence-electron chi connectivity index (χ1n) is 3.34. The van der Waals surface area contributed by atoms with E-state index in [0.29, 0.717) is 0 Å². The summed E-state index contributed by atoms with van der Waals surface area (Å²) in [4.78, 5) is 4.13. The van der Waals surface area contributed by atoms with Gasteiger partial charge in [0.05, 0.1) is 5.70 Å². The Kier molecular flexibility index (Phi) is 2.29. The summed E-state index contributed by atoms with van der Waals surface area (Å²) in [5.41, 5.74) is 4.07. The largest absolute Gasteiger partial charge is 0.258 e. The van der Waals surface area contributed by atoms with Crippen molar-refractivity contribution in [3.05, 3.63) is 17.5 Å². The van der Waals surface area contributed by atoms with Crippen LogP contribution >= 0.6 is 0 Å². The summed E-state index contributed by atoms with van der Waals surface area (Å²) in [6.45, 7) is 1.97. The lowest BCUT2D eigenvalue weighted by molar-refractivity contribution is 0.898. The molecule has 1 nitrogen and oxygen atoms in total. The highest BCUT2D eigenvalue weighted by Gasteiger charge is 1.85. The van der Waals surface area contributed by atoms with Gasteiger partial charge in [-0.25, -0.2) is 0 Å². The molecule has 1 heteroatoms. The summed E-state index contributed by atoms with van der Waals surface area (Å²) >= 11 is 0. The molecule has 0 N–H and O–H groups in total. The monoisotopic (exact) mass is 121 g/mol. The fourth-order valence-electron chi connectivity index (χ4n) is 0.770. The summed E-state index contributed by atoms with van der Waals surface area (Å²) in [6.07, 6.45) is 7.49. The molecule has 48 valence electrons. The van der Waals surface area contributed by atoms with Crippen molar-refractivity contribution in [3.8, 4) is 0 Å². The maximum absolute atomic E-state index is 4.13. The van der Waals surface area contributed by atoms with E-state index in [0.717, 1.165) is 18.5 Å². The van der Waals surface area contributed by atoms with Crippen molar-refractivity contribution in [2.45, 2.75) is 26.2 Å². The quantitative estimate of drug-likeness (QED) is 0.436. The molecule has 1 aliphatic rings. The highest BCUT2D eigenvalue weighted by molar-refractivity contribution is 5.58. The third-order valence-electron chi connectivity index (χ3n) is 1.28. The Balaban J connectivity index is 2.71. The smallest absolute Gasteiger partial charge is 0.0782 e. The van der Waals surface area contributed by atoms with Crippen LogP contribution in [0.1, 0.15) is 26.2 Å². The molecule has 0 aliphatic carbocycles. The van der Waals surface area contributed by atoms with E-state index in [1.54, 1.807) is 0 Å². The Bertz CT molecular complexity index is 171. The van der Waals surface area contributed by atoms with Crippen LogP contribution in [-0.4, -0.2) is 6.21 Å². The molecule has 0 saturated carbocycles. The van der Waals surface area contributed by atoms with Gasteiger partial charge in [-0.2, -0.15) is 0 Å². The zero-order valence-electron chi connectivity index (χ0n) is 5.72. The van der Waals surface area contributed by atoms with Crippen LogP contribution in [0.4, 0.5) is 0 Å². The molecule has 0 saturated heterocycles. The lowest BCUT2D eigenvalue weighted by Gasteiger charge is -1.92. The zero-order valence-corrected chi connectivity index (χ0v) is 5.72. The molecule has 0 unspecified atom stereocenters. The Labute approximate surface area is 55.8 Å². The first kappa shape index (κ1) is 6.31. The normalized spacial score (nSPS) is 18.6. The van der Waals surface area contributed by atoms with E-state index in [-0.39, 0.29) is 0 Å². The topological polar surface area (TPSA) is 12.4 Å². The molecular formula is C8H11N. The standard InChI is InChI=1S/C8H11N/c1-8-6-4-2-3-5-7-9-8/h4,7H,2-3,5H2,1H3. The highest BCUT2D eigenvalue weighted by atomic mass is 14.7. The zero-order chi connectivity index (χ0) is 6.53. The molecule has 1 heterocycles. The van der Waals surface area contributed by atoms with E-state index < -0.39 is 0 Å². The molecule has 0 aromatic rings. The van der Waals surface area contributed by atoms with E-state index in [1.807, 2.05) is 13.1 Å². The molecule has 1 aliphatic heterocycles. The molecule has 0 fully saturated rings. The SMILES string of the molecule is CC1=C=CCCCC=N1. The van der Waals surface area contributed by atoms with Crippen LogP contribution in [0.25, 0.3) is 0 Å². The number of nitrogens with zero attached hydrogens (tertiary/aromatic N) is 1.